The molecule has 8 heteroatoms. The molecule has 1 aliphatic rings. The zero-order valence-electron chi connectivity index (χ0n) is 14.8. The van der Waals surface area contributed by atoms with Gasteiger partial charge in [0.1, 0.15) is 5.76 Å². The lowest BCUT2D eigenvalue weighted by Gasteiger charge is -2.22. The largest absolute Gasteiger partial charge is 0.469 e. The number of benzene rings is 1. The van der Waals surface area contributed by atoms with E-state index in [2.05, 4.69) is 4.72 Å². The normalized spacial score (nSPS) is 16.0. The van der Waals surface area contributed by atoms with Crippen LogP contribution in [0.15, 0.2) is 50.8 Å². The molecule has 26 heavy (non-hydrogen) atoms. The van der Waals surface area contributed by atoms with Crippen LogP contribution in [0.1, 0.15) is 26.0 Å². The van der Waals surface area contributed by atoms with Crippen LogP contribution >= 0.6 is 11.8 Å². The van der Waals surface area contributed by atoms with Crippen molar-refractivity contribution < 1.29 is 17.6 Å². The van der Waals surface area contributed by atoms with E-state index in [0.717, 1.165) is 22.8 Å². The highest BCUT2D eigenvalue weighted by Gasteiger charge is 2.24. The van der Waals surface area contributed by atoms with Crippen molar-refractivity contribution in [3.05, 3.63) is 42.4 Å². The van der Waals surface area contributed by atoms with E-state index < -0.39 is 10.0 Å². The fraction of sp³-hybridized carbons (Fsp3) is 0.389. The number of nitrogens with one attached hydrogen (secondary N) is 1. The van der Waals surface area contributed by atoms with E-state index in [0.29, 0.717) is 18.7 Å². The second-order valence-electron chi connectivity index (χ2n) is 6.31. The van der Waals surface area contributed by atoms with E-state index in [4.69, 9.17) is 4.42 Å². The van der Waals surface area contributed by atoms with Crippen molar-refractivity contribution in [1.82, 2.24) is 4.72 Å². The molecule has 1 atom stereocenters. The molecule has 140 valence electrons. The quantitative estimate of drug-likeness (QED) is 0.843. The Kier molecular flexibility index (Phi) is 5.74. The lowest BCUT2D eigenvalue weighted by atomic mass is 10.2. The Morgan fingerprint density at radius 1 is 1.38 bits per heavy atom. The molecule has 1 N–H and O–H groups in total. The average molecular weight is 395 g/mol. The number of rotatable bonds is 5. The molecule has 1 aliphatic heterocycles. The zero-order chi connectivity index (χ0) is 18.7. The van der Waals surface area contributed by atoms with Gasteiger partial charge in [-0.05, 0) is 49.4 Å². The molecule has 0 radical (unpaired) electrons. The minimum absolute atomic E-state index is 0.0811. The van der Waals surface area contributed by atoms with Gasteiger partial charge in [-0.15, -0.1) is 11.8 Å². The molecule has 1 aromatic heterocycles. The second-order valence-corrected chi connectivity index (χ2v) is 9.16. The van der Waals surface area contributed by atoms with Gasteiger partial charge in [-0.3, -0.25) is 4.79 Å². The fourth-order valence-electron chi connectivity index (χ4n) is 2.95. The lowest BCUT2D eigenvalue weighted by Crippen LogP contribution is -2.34. The van der Waals surface area contributed by atoms with Crippen LogP contribution < -0.4 is 9.62 Å². The lowest BCUT2D eigenvalue weighted by molar-refractivity contribution is -0.116. The summed E-state index contributed by atoms with van der Waals surface area (Å²) in [6.45, 7) is 3.90. The highest BCUT2D eigenvalue weighted by molar-refractivity contribution is 7.99. The summed E-state index contributed by atoms with van der Waals surface area (Å²) < 4.78 is 33.5. The molecule has 0 fully saturated rings. The van der Waals surface area contributed by atoms with E-state index >= 15 is 0 Å². The number of hydrogen-bond donors (Lipinski definition) is 1. The fourth-order valence-corrected chi connectivity index (χ4v) is 5.19. The minimum Gasteiger partial charge on any atom is -0.469 e. The van der Waals surface area contributed by atoms with Gasteiger partial charge in [0.2, 0.25) is 15.9 Å². The number of carbonyl (C=O) groups is 1. The minimum atomic E-state index is -3.70. The Balaban J connectivity index is 1.85. The SMILES string of the molecule is CC(=O)N1CCCSc2ccc(S(=O)(=O)N[C@@H](C)Cc3ccco3)cc21. The molecule has 6 nitrogen and oxygen atoms in total. The smallest absolute Gasteiger partial charge is 0.240 e. The zero-order valence-corrected chi connectivity index (χ0v) is 16.4. The number of thioether (sulfide) groups is 1. The van der Waals surface area contributed by atoms with Gasteiger partial charge >= 0.3 is 0 Å². The molecule has 1 amide bonds. The van der Waals surface area contributed by atoms with Gasteiger partial charge in [-0.1, -0.05) is 0 Å². The average Bonchev–Trinajstić information content (AvgIpc) is 2.97. The summed E-state index contributed by atoms with van der Waals surface area (Å²) in [5, 5.41) is 0. The highest BCUT2D eigenvalue weighted by atomic mass is 32.2. The maximum Gasteiger partial charge on any atom is 0.240 e. The van der Waals surface area contributed by atoms with Gasteiger partial charge in [0.15, 0.2) is 0 Å². The summed E-state index contributed by atoms with van der Waals surface area (Å²) in [6, 6.07) is 8.25. The van der Waals surface area contributed by atoms with Crippen molar-refractivity contribution >= 4 is 33.4 Å². The highest BCUT2D eigenvalue weighted by Crippen LogP contribution is 2.35. The maximum absolute atomic E-state index is 12.8. The number of anilines is 1. The van der Waals surface area contributed by atoms with Crippen molar-refractivity contribution in [3.8, 4) is 0 Å². The third-order valence-electron chi connectivity index (χ3n) is 4.14. The van der Waals surface area contributed by atoms with Crippen LogP contribution in [0.25, 0.3) is 0 Å². The molecule has 0 spiro atoms. The van der Waals surface area contributed by atoms with E-state index in [-0.39, 0.29) is 16.8 Å². The van der Waals surface area contributed by atoms with E-state index in [1.165, 1.54) is 6.92 Å². The Morgan fingerprint density at radius 3 is 2.88 bits per heavy atom. The molecular formula is C18H22N2O4S2. The summed E-state index contributed by atoms with van der Waals surface area (Å²) in [4.78, 5) is 14.7. The number of fused-ring (bicyclic) bond motifs is 1. The van der Waals surface area contributed by atoms with Gasteiger partial charge < -0.3 is 9.32 Å². The Labute approximate surface area is 158 Å². The Morgan fingerprint density at radius 2 is 2.19 bits per heavy atom. The summed E-state index contributed by atoms with van der Waals surface area (Å²) >= 11 is 1.65. The van der Waals surface area contributed by atoms with Crippen LogP contribution in [0, 0.1) is 0 Å². The van der Waals surface area contributed by atoms with Crippen molar-refractivity contribution in [2.75, 3.05) is 17.2 Å². The van der Waals surface area contributed by atoms with E-state index in [9.17, 15) is 13.2 Å². The molecule has 0 bridgehead atoms. The molecule has 0 saturated heterocycles. The molecule has 0 unspecified atom stereocenters. The van der Waals surface area contributed by atoms with Crippen LogP contribution in [0.2, 0.25) is 0 Å². The van der Waals surface area contributed by atoms with E-state index in [1.54, 1.807) is 54.1 Å². The van der Waals surface area contributed by atoms with Crippen LogP contribution in [-0.4, -0.2) is 32.7 Å². The third-order valence-corrected chi connectivity index (χ3v) is 6.88. The monoisotopic (exact) mass is 394 g/mol. The second kappa shape index (κ2) is 7.85. The van der Waals surface area contributed by atoms with E-state index in [1.807, 2.05) is 6.07 Å². The third kappa shape index (κ3) is 4.31. The van der Waals surface area contributed by atoms with Crippen LogP contribution in [0.4, 0.5) is 5.69 Å². The number of furan rings is 1. The van der Waals surface area contributed by atoms with Gasteiger partial charge in [-0.25, -0.2) is 13.1 Å². The van der Waals surface area contributed by atoms with Crippen molar-refractivity contribution in [3.63, 3.8) is 0 Å². The van der Waals surface area contributed by atoms with Gasteiger partial charge in [-0.2, -0.15) is 0 Å². The number of carbonyl (C=O) groups excluding carboxylic acids is 1. The van der Waals surface area contributed by atoms with Gasteiger partial charge in [0.05, 0.1) is 16.8 Å². The summed E-state index contributed by atoms with van der Waals surface area (Å²) in [7, 11) is -3.70. The number of sulfonamides is 1. The van der Waals surface area contributed by atoms with Crippen molar-refractivity contribution in [2.24, 2.45) is 0 Å². The van der Waals surface area contributed by atoms with Crippen LogP contribution in [0.5, 0.6) is 0 Å². The van der Waals surface area contributed by atoms with Crippen molar-refractivity contribution in [1.29, 1.82) is 0 Å². The van der Waals surface area contributed by atoms with Crippen molar-refractivity contribution in [2.45, 2.75) is 42.5 Å². The number of hydrogen-bond acceptors (Lipinski definition) is 5. The summed E-state index contributed by atoms with van der Waals surface area (Å²) in [6.07, 6.45) is 2.91. The Bertz CT molecular complexity index is 879. The van der Waals surface area contributed by atoms with Gasteiger partial charge in [0, 0.05) is 30.8 Å². The maximum atomic E-state index is 12.8. The number of amides is 1. The predicted octanol–water partition coefficient (Wildman–Crippen LogP) is 3.04. The number of nitrogens with zero attached hydrogens (tertiary/aromatic N) is 1. The van der Waals surface area contributed by atoms with Crippen LogP contribution in [-0.2, 0) is 21.2 Å². The first-order valence-corrected chi connectivity index (χ1v) is 10.9. The first-order chi connectivity index (χ1) is 12.4. The standard InChI is InChI=1S/C18H22N2O4S2/c1-13(11-15-5-3-9-24-15)19-26(22,23)16-6-7-18-17(12-16)20(14(2)21)8-4-10-25-18/h3,5-7,9,12-13,19H,4,8,10-11H2,1-2H3/t13-/m0/s1. The van der Waals surface area contributed by atoms with Gasteiger partial charge in [0.25, 0.3) is 0 Å². The summed E-state index contributed by atoms with van der Waals surface area (Å²) in [5.74, 6) is 1.55. The first kappa shape index (κ1) is 19.0. The molecular weight excluding hydrogens is 372 g/mol. The first-order valence-electron chi connectivity index (χ1n) is 8.46. The molecule has 2 heterocycles. The molecule has 2 aromatic rings. The molecule has 3 rings (SSSR count). The topological polar surface area (TPSA) is 79.6 Å². The Hall–Kier alpha value is -1.77. The van der Waals surface area contributed by atoms with Crippen LogP contribution in [0.3, 0.4) is 0 Å². The molecule has 0 aliphatic carbocycles. The molecule has 0 saturated carbocycles. The predicted molar refractivity (Wildman–Crippen MR) is 102 cm³/mol. The molecule has 1 aromatic carbocycles. The summed E-state index contributed by atoms with van der Waals surface area (Å²) in [5.41, 5.74) is 0.668.